The number of nitrogens with zero attached hydrogens (tertiary/aromatic N) is 2. The molecular weight excluding hydrogens is 388 g/mol. The van der Waals surface area contributed by atoms with Crippen molar-refractivity contribution in [2.24, 2.45) is 0 Å². The van der Waals surface area contributed by atoms with Crippen LogP contribution in [0.15, 0.2) is 76.0 Å². The Bertz CT molecular complexity index is 1560. The van der Waals surface area contributed by atoms with Crippen LogP contribution in [-0.4, -0.2) is 9.38 Å². The van der Waals surface area contributed by atoms with Gasteiger partial charge in [-0.2, -0.15) is 0 Å². The van der Waals surface area contributed by atoms with Crippen molar-refractivity contribution in [3.05, 3.63) is 81.6 Å². The minimum atomic E-state index is -0.0260. The summed E-state index contributed by atoms with van der Waals surface area (Å²) in [6.45, 7) is 0. The second-order valence-electron chi connectivity index (χ2n) is 6.55. The van der Waals surface area contributed by atoms with Gasteiger partial charge in [0, 0.05) is 26.0 Å². The zero-order valence-corrected chi connectivity index (χ0v) is 15.1. The minimum absolute atomic E-state index is 0.0260. The van der Waals surface area contributed by atoms with Crippen LogP contribution in [0.3, 0.4) is 0 Å². The molecule has 6 rings (SSSR count). The van der Waals surface area contributed by atoms with E-state index in [0.29, 0.717) is 11.0 Å². The molecule has 0 saturated heterocycles. The molecular formula is C22H11BrN2O. The highest BCUT2D eigenvalue weighted by Crippen LogP contribution is 2.34. The number of rotatable bonds is 0. The van der Waals surface area contributed by atoms with Gasteiger partial charge in [-0.25, -0.2) is 4.98 Å². The van der Waals surface area contributed by atoms with Gasteiger partial charge < -0.3 is 0 Å². The van der Waals surface area contributed by atoms with Crippen LogP contribution < -0.4 is 5.56 Å². The van der Waals surface area contributed by atoms with E-state index in [1.54, 1.807) is 4.40 Å². The maximum atomic E-state index is 13.4. The summed E-state index contributed by atoms with van der Waals surface area (Å²) in [6.07, 6.45) is 0. The highest BCUT2D eigenvalue weighted by molar-refractivity contribution is 9.10. The smallest absolute Gasteiger partial charge is 0.264 e. The van der Waals surface area contributed by atoms with Crippen molar-refractivity contribution >= 4 is 64.9 Å². The van der Waals surface area contributed by atoms with Gasteiger partial charge in [0.15, 0.2) is 0 Å². The minimum Gasteiger partial charge on any atom is -0.268 e. The van der Waals surface area contributed by atoms with Gasteiger partial charge in [-0.3, -0.25) is 9.20 Å². The molecule has 0 N–H and O–H groups in total. The van der Waals surface area contributed by atoms with Gasteiger partial charge in [-0.1, -0.05) is 58.4 Å². The predicted octanol–water partition coefficient (Wildman–Crippen LogP) is 5.51. The molecule has 6 aromatic rings. The van der Waals surface area contributed by atoms with E-state index in [0.717, 1.165) is 42.4 Å². The first kappa shape index (κ1) is 14.2. The lowest BCUT2D eigenvalue weighted by molar-refractivity contribution is 1.15. The van der Waals surface area contributed by atoms with Gasteiger partial charge >= 0.3 is 0 Å². The highest BCUT2D eigenvalue weighted by Gasteiger charge is 2.16. The standard InChI is InChI=1S/C22H11BrN2O/c23-16-11-10-15-20-13(16)6-3-7-14(20)21-24-17-8-1-4-12-5-2-9-18(19(12)17)25(21)22(15)26/h1-11H. The van der Waals surface area contributed by atoms with Crippen molar-refractivity contribution < 1.29 is 0 Å². The first-order valence-corrected chi connectivity index (χ1v) is 9.20. The Morgan fingerprint density at radius 1 is 0.769 bits per heavy atom. The summed E-state index contributed by atoms with van der Waals surface area (Å²) in [4.78, 5) is 18.3. The maximum Gasteiger partial charge on any atom is 0.264 e. The number of hydrogen-bond donors (Lipinski definition) is 0. The quantitative estimate of drug-likeness (QED) is 0.249. The molecule has 0 atom stereocenters. The molecule has 0 radical (unpaired) electrons. The first-order valence-electron chi connectivity index (χ1n) is 8.40. The molecule has 2 heterocycles. The van der Waals surface area contributed by atoms with Crippen LogP contribution in [0.2, 0.25) is 0 Å². The number of halogens is 1. The van der Waals surface area contributed by atoms with Gasteiger partial charge in [0.25, 0.3) is 5.56 Å². The van der Waals surface area contributed by atoms with Crippen LogP contribution in [0.25, 0.3) is 49.0 Å². The lowest BCUT2D eigenvalue weighted by atomic mass is 10.0. The Balaban J connectivity index is 2.07. The fraction of sp³-hybridized carbons (Fsp3) is 0. The monoisotopic (exact) mass is 398 g/mol. The Labute approximate surface area is 156 Å². The average Bonchev–Trinajstić information content (AvgIpc) is 2.67. The normalized spacial score (nSPS) is 12.2. The van der Waals surface area contributed by atoms with E-state index in [1.807, 2.05) is 54.6 Å². The van der Waals surface area contributed by atoms with Crippen LogP contribution in [0, 0.1) is 0 Å². The molecule has 26 heavy (non-hydrogen) atoms. The van der Waals surface area contributed by atoms with Gasteiger partial charge in [0.2, 0.25) is 0 Å². The van der Waals surface area contributed by atoms with E-state index >= 15 is 0 Å². The third kappa shape index (κ3) is 1.62. The van der Waals surface area contributed by atoms with Crippen molar-refractivity contribution in [3.63, 3.8) is 0 Å². The van der Waals surface area contributed by atoms with Crippen LogP contribution in [0.5, 0.6) is 0 Å². The fourth-order valence-corrected chi connectivity index (χ4v) is 4.56. The number of aromatic nitrogens is 2. The van der Waals surface area contributed by atoms with Gasteiger partial charge in [0.05, 0.1) is 11.0 Å². The summed E-state index contributed by atoms with van der Waals surface area (Å²) in [5.74, 6) is 0. The zero-order valence-electron chi connectivity index (χ0n) is 13.5. The van der Waals surface area contributed by atoms with Gasteiger partial charge in [-0.15, -0.1) is 0 Å². The average molecular weight is 399 g/mol. The third-order valence-corrected chi connectivity index (χ3v) is 5.89. The third-order valence-electron chi connectivity index (χ3n) is 5.20. The van der Waals surface area contributed by atoms with Crippen LogP contribution >= 0.6 is 15.9 Å². The van der Waals surface area contributed by atoms with Crippen LogP contribution in [-0.2, 0) is 0 Å². The molecule has 4 aromatic carbocycles. The summed E-state index contributed by atoms with van der Waals surface area (Å²) < 4.78 is 2.75. The number of benzene rings is 4. The summed E-state index contributed by atoms with van der Waals surface area (Å²) in [7, 11) is 0. The summed E-state index contributed by atoms with van der Waals surface area (Å²) in [5.41, 5.74) is 2.49. The molecule has 0 unspecified atom stereocenters. The molecule has 0 fully saturated rings. The molecule has 122 valence electrons. The zero-order chi connectivity index (χ0) is 17.4. The van der Waals surface area contributed by atoms with Crippen LogP contribution in [0.4, 0.5) is 0 Å². The Hall–Kier alpha value is -2.98. The van der Waals surface area contributed by atoms with Gasteiger partial charge in [-0.05, 0) is 35.0 Å². The molecule has 3 nitrogen and oxygen atoms in total. The first-order chi connectivity index (χ1) is 12.7. The van der Waals surface area contributed by atoms with E-state index in [2.05, 4.69) is 28.1 Å². The molecule has 4 heteroatoms. The highest BCUT2D eigenvalue weighted by atomic mass is 79.9. The van der Waals surface area contributed by atoms with E-state index in [-0.39, 0.29) is 5.56 Å². The second kappa shape index (κ2) is 4.80. The lowest BCUT2D eigenvalue weighted by Crippen LogP contribution is -2.16. The molecule has 0 aliphatic carbocycles. The Morgan fingerprint density at radius 2 is 1.54 bits per heavy atom. The largest absolute Gasteiger partial charge is 0.268 e. The van der Waals surface area contributed by atoms with E-state index in [4.69, 9.17) is 4.98 Å². The number of hydrogen-bond acceptors (Lipinski definition) is 2. The molecule has 0 spiro atoms. The van der Waals surface area contributed by atoms with Crippen molar-refractivity contribution in [2.45, 2.75) is 0 Å². The van der Waals surface area contributed by atoms with Crippen molar-refractivity contribution in [2.75, 3.05) is 0 Å². The van der Waals surface area contributed by atoms with E-state index < -0.39 is 0 Å². The molecule has 0 bridgehead atoms. The van der Waals surface area contributed by atoms with Crippen molar-refractivity contribution in [3.8, 4) is 0 Å². The predicted molar refractivity (Wildman–Crippen MR) is 110 cm³/mol. The van der Waals surface area contributed by atoms with E-state index in [1.165, 1.54) is 0 Å². The number of pyridine rings is 1. The summed E-state index contributed by atoms with van der Waals surface area (Å²) >= 11 is 3.61. The number of fused-ring (bicyclic) bond motifs is 3. The maximum absolute atomic E-state index is 13.4. The van der Waals surface area contributed by atoms with Crippen LogP contribution in [0.1, 0.15) is 0 Å². The summed E-state index contributed by atoms with van der Waals surface area (Å²) in [5, 5.41) is 5.83. The molecule has 0 aliphatic rings. The van der Waals surface area contributed by atoms with Gasteiger partial charge in [0.1, 0.15) is 5.65 Å². The Morgan fingerprint density at radius 3 is 2.42 bits per heavy atom. The topological polar surface area (TPSA) is 34.4 Å². The second-order valence-corrected chi connectivity index (χ2v) is 7.41. The van der Waals surface area contributed by atoms with E-state index in [9.17, 15) is 4.79 Å². The molecule has 0 aliphatic heterocycles. The molecule has 0 saturated carbocycles. The summed E-state index contributed by atoms with van der Waals surface area (Å²) in [6, 6.07) is 22.1. The fourth-order valence-electron chi connectivity index (χ4n) is 4.10. The van der Waals surface area contributed by atoms with Crippen molar-refractivity contribution in [1.82, 2.24) is 9.38 Å². The van der Waals surface area contributed by atoms with Crippen molar-refractivity contribution in [1.29, 1.82) is 0 Å². The lowest BCUT2D eigenvalue weighted by Gasteiger charge is -2.14. The Kier molecular flexibility index (Phi) is 2.62. The molecule has 2 aromatic heterocycles. The molecule has 0 amide bonds. The SMILES string of the molecule is O=c1c2ccc(Br)c3cccc(c32)c2nc3cccc4cccc(c43)n12.